The Hall–Kier alpha value is -3.72. The topological polar surface area (TPSA) is 93.0 Å². The Labute approximate surface area is 188 Å². The molecule has 0 amide bonds. The predicted molar refractivity (Wildman–Crippen MR) is 120 cm³/mol. The minimum atomic E-state index is -4.19. The number of fused-ring (bicyclic) bond motifs is 1. The lowest BCUT2D eigenvalue weighted by Crippen LogP contribution is -2.14. The molecule has 4 rings (SSSR count). The van der Waals surface area contributed by atoms with Crippen LogP contribution < -0.4 is 0 Å². The standard InChI is InChI=1S/C12H12F3N2.C12H10N2O2/c13-12(14,15)8-16-6-5-9-7-17-11-4-2-1-3-10(9)11;1-8-13-7-10(12(15)16)11(14-8)9-5-3-2-4-6-9/h1-4,7,17H,5-6,8H2;2-7H,1H3,(H,15,16)/q-1;. The Morgan fingerprint density at radius 1 is 1.09 bits per heavy atom. The quantitative estimate of drug-likeness (QED) is 0.360. The minimum absolute atomic E-state index is 0.122. The van der Waals surface area contributed by atoms with Crippen LogP contribution in [0.25, 0.3) is 27.5 Å². The van der Waals surface area contributed by atoms with Gasteiger partial charge in [-0.2, -0.15) is 13.2 Å². The van der Waals surface area contributed by atoms with E-state index in [1.54, 1.807) is 6.92 Å². The molecule has 2 heterocycles. The summed E-state index contributed by atoms with van der Waals surface area (Å²) in [5.74, 6) is -0.456. The Morgan fingerprint density at radius 2 is 1.79 bits per heavy atom. The molecule has 33 heavy (non-hydrogen) atoms. The number of aromatic nitrogens is 3. The molecule has 0 radical (unpaired) electrons. The van der Waals surface area contributed by atoms with Gasteiger partial charge in [0.2, 0.25) is 0 Å². The molecule has 0 aliphatic heterocycles. The monoisotopic (exact) mass is 455 g/mol. The van der Waals surface area contributed by atoms with Crippen LogP contribution in [-0.2, 0) is 6.42 Å². The van der Waals surface area contributed by atoms with Gasteiger partial charge in [0, 0.05) is 28.9 Å². The highest BCUT2D eigenvalue weighted by Crippen LogP contribution is 2.21. The van der Waals surface area contributed by atoms with Crippen LogP contribution in [0.3, 0.4) is 0 Å². The van der Waals surface area contributed by atoms with Crippen LogP contribution in [0.5, 0.6) is 0 Å². The zero-order valence-corrected chi connectivity index (χ0v) is 17.8. The number of benzene rings is 2. The second-order valence-electron chi connectivity index (χ2n) is 7.18. The van der Waals surface area contributed by atoms with E-state index in [0.717, 1.165) is 22.0 Å². The van der Waals surface area contributed by atoms with E-state index in [2.05, 4.69) is 20.3 Å². The van der Waals surface area contributed by atoms with Gasteiger partial charge in [0.25, 0.3) is 0 Å². The molecule has 9 heteroatoms. The number of carboxylic acids is 1. The number of hydrogen-bond acceptors (Lipinski definition) is 3. The van der Waals surface area contributed by atoms with Gasteiger partial charge in [-0.3, -0.25) is 0 Å². The maximum absolute atomic E-state index is 11.9. The fourth-order valence-electron chi connectivity index (χ4n) is 3.19. The van der Waals surface area contributed by atoms with E-state index in [9.17, 15) is 18.0 Å². The van der Waals surface area contributed by atoms with Crippen LogP contribution in [0.1, 0.15) is 21.7 Å². The molecule has 2 aromatic carbocycles. The Balaban J connectivity index is 0.000000186. The second kappa shape index (κ2) is 10.7. The molecular formula is C24H22F3N4O2-. The fraction of sp³-hybridized carbons (Fsp3) is 0.208. The summed E-state index contributed by atoms with van der Waals surface area (Å²) in [6.45, 7) is 0.870. The van der Waals surface area contributed by atoms with Crippen molar-refractivity contribution in [2.24, 2.45) is 0 Å². The molecule has 0 unspecified atom stereocenters. The number of rotatable bonds is 6. The third-order valence-corrected chi connectivity index (χ3v) is 4.69. The zero-order chi connectivity index (χ0) is 23.8. The molecule has 0 spiro atoms. The summed E-state index contributed by atoms with van der Waals surface area (Å²) in [5.41, 5.74) is 3.37. The van der Waals surface area contributed by atoms with Gasteiger partial charge in [-0.1, -0.05) is 55.1 Å². The Morgan fingerprint density at radius 3 is 2.48 bits per heavy atom. The maximum Gasteiger partial charge on any atom is 0.371 e. The number of aromatic amines is 1. The van der Waals surface area contributed by atoms with Gasteiger partial charge in [-0.05, 0) is 25.0 Å². The number of aryl methyl sites for hydroxylation is 1. The number of carbonyl (C=O) groups is 1. The van der Waals surface area contributed by atoms with Gasteiger partial charge in [0.1, 0.15) is 11.4 Å². The Kier molecular flexibility index (Phi) is 7.78. The van der Waals surface area contributed by atoms with E-state index >= 15 is 0 Å². The van der Waals surface area contributed by atoms with Crippen molar-refractivity contribution in [2.45, 2.75) is 19.5 Å². The zero-order valence-electron chi connectivity index (χ0n) is 17.8. The summed E-state index contributed by atoms with van der Waals surface area (Å²) in [7, 11) is 0. The number of carboxylic acid groups (broad SMARTS) is 1. The van der Waals surface area contributed by atoms with Crippen LogP contribution in [0.4, 0.5) is 13.2 Å². The Bertz CT molecular complexity index is 1210. The number of para-hydroxylation sites is 1. The molecule has 0 atom stereocenters. The van der Waals surface area contributed by atoms with Crippen molar-refractivity contribution in [1.29, 1.82) is 0 Å². The second-order valence-corrected chi connectivity index (χ2v) is 7.18. The lowest BCUT2D eigenvalue weighted by molar-refractivity contribution is -0.113. The molecule has 0 aliphatic carbocycles. The largest absolute Gasteiger partial charge is 0.655 e. The van der Waals surface area contributed by atoms with Gasteiger partial charge in [-0.25, -0.2) is 14.8 Å². The number of alkyl halides is 3. The number of aromatic carboxylic acids is 1. The van der Waals surface area contributed by atoms with Gasteiger partial charge in [0.05, 0.1) is 5.69 Å². The lowest BCUT2D eigenvalue weighted by atomic mass is 10.1. The van der Waals surface area contributed by atoms with Gasteiger partial charge >= 0.3 is 12.1 Å². The first kappa shape index (κ1) is 23.9. The molecule has 4 aromatic rings. The summed E-state index contributed by atoms with van der Waals surface area (Å²) in [5, 5.41) is 13.6. The van der Waals surface area contributed by atoms with E-state index in [0.29, 0.717) is 17.9 Å². The third-order valence-electron chi connectivity index (χ3n) is 4.69. The predicted octanol–water partition coefficient (Wildman–Crippen LogP) is 5.80. The van der Waals surface area contributed by atoms with E-state index in [1.807, 2.05) is 60.8 Å². The number of hydrogen-bond donors (Lipinski definition) is 2. The molecule has 0 saturated carbocycles. The number of H-pyrrole nitrogens is 1. The number of nitrogens with zero attached hydrogens (tertiary/aromatic N) is 3. The van der Waals surface area contributed by atoms with E-state index in [1.165, 1.54) is 6.20 Å². The molecule has 0 bridgehead atoms. The third kappa shape index (κ3) is 6.88. The summed E-state index contributed by atoms with van der Waals surface area (Å²) in [6.07, 6.45) is -0.499. The molecule has 2 N–H and O–H groups in total. The fourth-order valence-corrected chi connectivity index (χ4v) is 3.19. The maximum atomic E-state index is 11.9. The van der Waals surface area contributed by atoms with Crippen LogP contribution in [-0.4, -0.2) is 45.3 Å². The van der Waals surface area contributed by atoms with Crippen molar-refractivity contribution in [1.82, 2.24) is 15.0 Å². The van der Waals surface area contributed by atoms with Crippen molar-refractivity contribution in [3.05, 3.63) is 89.3 Å². The van der Waals surface area contributed by atoms with Crippen molar-refractivity contribution < 1.29 is 23.1 Å². The average molecular weight is 455 g/mol. The number of halogens is 3. The van der Waals surface area contributed by atoms with E-state index in [4.69, 9.17) is 5.11 Å². The van der Waals surface area contributed by atoms with Crippen molar-refractivity contribution in [3.63, 3.8) is 0 Å². The molecule has 172 valence electrons. The highest BCUT2D eigenvalue weighted by molar-refractivity contribution is 5.94. The molecular weight excluding hydrogens is 433 g/mol. The SMILES string of the molecule is Cc1ncc(C(=O)O)c(-c2ccccc2)n1.FC(F)(F)C[N-]CCc1c[nH]c2ccccc12. The smallest absolute Gasteiger partial charge is 0.371 e. The van der Waals surface area contributed by atoms with Crippen LogP contribution in [0.2, 0.25) is 0 Å². The summed E-state index contributed by atoms with van der Waals surface area (Å²) in [6, 6.07) is 16.9. The summed E-state index contributed by atoms with van der Waals surface area (Å²) < 4.78 is 35.6. The summed E-state index contributed by atoms with van der Waals surface area (Å²) >= 11 is 0. The highest BCUT2D eigenvalue weighted by Gasteiger charge is 2.20. The van der Waals surface area contributed by atoms with Gasteiger partial charge in [0.15, 0.2) is 0 Å². The van der Waals surface area contributed by atoms with Crippen molar-refractivity contribution >= 4 is 16.9 Å². The normalized spacial score (nSPS) is 11.2. The highest BCUT2D eigenvalue weighted by atomic mass is 19.4. The van der Waals surface area contributed by atoms with Gasteiger partial charge in [-0.15, -0.1) is 6.54 Å². The van der Waals surface area contributed by atoms with Crippen LogP contribution in [0, 0.1) is 6.92 Å². The van der Waals surface area contributed by atoms with Crippen molar-refractivity contribution in [2.75, 3.05) is 13.1 Å². The molecule has 0 aliphatic rings. The average Bonchev–Trinajstić information content (AvgIpc) is 3.20. The first-order chi connectivity index (χ1) is 15.7. The van der Waals surface area contributed by atoms with Crippen LogP contribution in [0.15, 0.2) is 67.0 Å². The first-order valence-electron chi connectivity index (χ1n) is 10.1. The van der Waals surface area contributed by atoms with Gasteiger partial charge < -0.3 is 15.4 Å². The molecule has 6 nitrogen and oxygen atoms in total. The van der Waals surface area contributed by atoms with E-state index < -0.39 is 18.7 Å². The van der Waals surface area contributed by atoms with Crippen LogP contribution >= 0.6 is 0 Å². The summed E-state index contributed by atoms with van der Waals surface area (Å²) in [4.78, 5) is 22.2. The molecule has 0 fully saturated rings. The van der Waals surface area contributed by atoms with E-state index in [-0.39, 0.29) is 12.1 Å². The minimum Gasteiger partial charge on any atom is -0.655 e. The molecule has 0 saturated heterocycles. The first-order valence-corrected chi connectivity index (χ1v) is 10.1. The number of nitrogens with one attached hydrogen (secondary N) is 1. The van der Waals surface area contributed by atoms with Crippen molar-refractivity contribution in [3.8, 4) is 11.3 Å². The lowest BCUT2D eigenvalue weighted by Gasteiger charge is -2.20. The molecule has 2 aromatic heterocycles.